The van der Waals surface area contributed by atoms with Crippen LogP contribution in [0.4, 0.5) is 0 Å². The molecule has 0 fully saturated rings. The van der Waals surface area contributed by atoms with Crippen LogP contribution < -0.4 is 5.32 Å². The fraction of sp³-hybridized carbons (Fsp3) is 0.812. The van der Waals surface area contributed by atoms with Crippen LogP contribution in [0.25, 0.3) is 0 Å². The van der Waals surface area contributed by atoms with E-state index in [1.54, 1.807) is 12.6 Å². The highest BCUT2D eigenvalue weighted by Gasteiger charge is 2.11. The van der Waals surface area contributed by atoms with Crippen LogP contribution in [0, 0.1) is 0 Å². The van der Waals surface area contributed by atoms with E-state index in [-0.39, 0.29) is 12.3 Å². The Bertz CT molecular complexity index is 266. The zero-order valence-corrected chi connectivity index (χ0v) is 12.6. The number of amides is 1. The Hall–Kier alpha value is -1.19. The summed E-state index contributed by atoms with van der Waals surface area (Å²) in [6.45, 7) is 2.21. The first-order chi connectivity index (χ1) is 9.74. The molecule has 20 heavy (non-hydrogen) atoms. The van der Waals surface area contributed by atoms with E-state index in [2.05, 4.69) is 12.2 Å². The summed E-state index contributed by atoms with van der Waals surface area (Å²) in [6, 6.07) is -0.835. The highest BCUT2D eigenvalue weighted by atomic mass is 16.2. The van der Waals surface area contributed by atoms with Gasteiger partial charge in [0.05, 0.1) is 0 Å². The van der Waals surface area contributed by atoms with Gasteiger partial charge < -0.3 is 5.32 Å². The molecule has 0 saturated carbocycles. The Kier molecular flexibility index (Phi) is 13.4. The molecular formula is C16H27NO3. The van der Waals surface area contributed by atoms with Crippen LogP contribution in [0.2, 0.25) is 0 Å². The lowest BCUT2D eigenvalue weighted by atomic mass is 10.1. The number of unbranched alkanes of at least 4 members (excludes halogenated alkanes) is 8. The molecule has 0 unspecified atom stereocenters. The summed E-state index contributed by atoms with van der Waals surface area (Å²) in [4.78, 5) is 32.0. The third kappa shape index (κ3) is 11.9. The summed E-state index contributed by atoms with van der Waals surface area (Å²) in [5.74, 6) is -0.184. The van der Waals surface area contributed by atoms with Gasteiger partial charge in [-0.05, 0) is 6.42 Å². The van der Waals surface area contributed by atoms with Crippen LogP contribution in [0.15, 0.2) is 0 Å². The van der Waals surface area contributed by atoms with Gasteiger partial charge in [0.1, 0.15) is 6.04 Å². The minimum absolute atomic E-state index is 0.118. The second-order valence-electron chi connectivity index (χ2n) is 5.16. The molecule has 0 spiro atoms. The fourth-order valence-corrected chi connectivity index (χ4v) is 2.07. The molecule has 114 valence electrons. The van der Waals surface area contributed by atoms with Gasteiger partial charge in [-0.2, -0.15) is 0 Å². The van der Waals surface area contributed by atoms with Gasteiger partial charge in [0.15, 0.2) is 0 Å². The van der Waals surface area contributed by atoms with Crippen molar-refractivity contribution in [1.29, 1.82) is 0 Å². The molecule has 0 rings (SSSR count). The summed E-state index contributed by atoms with van der Waals surface area (Å²) in [5.41, 5.74) is 0. The van der Waals surface area contributed by atoms with E-state index in [0.29, 0.717) is 6.42 Å². The molecule has 0 aliphatic carbocycles. The Morgan fingerprint density at radius 2 is 1.50 bits per heavy atom. The molecule has 0 bridgehead atoms. The van der Waals surface area contributed by atoms with Crippen LogP contribution in [-0.4, -0.2) is 24.5 Å². The lowest BCUT2D eigenvalue weighted by Gasteiger charge is -2.08. The lowest BCUT2D eigenvalue weighted by Crippen LogP contribution is -2.36. The molecule has 1 N–H and O–H groups in total. The molecule has 0 aromatic heterocycles. The molecule has 0 heterocycles. The van der Waals surface area contributed by atoms with E-state index in [1.165, 1.54) is 38.5 Å². The second-order valence-corrected chi connectivity index (χ2v) is 5.16. The van der Waals surface area contributed by atoms with Crippen LogP contribution in [0.5, 0.6) is 0 Å². The number of carbonyl (C=O) groups excluding carboxylic acids is 3. The molecule has 0 aromatic rings. The van der Waals surface area contributed by atoms with Gasteiger partial charge in [0.2, 0.25) is 18.5 Å². The number of carbonyl (C=O) groups is 1. The standard InChI is InChI=1S/C16H27NO3/c1-2-3-4-5-6-7-8-9-10-11-16(20)17-15(14-19)12-13-18/h15H,2-12H2,1H3,(H,17,20)/t15-/m1/s1. The third-order valence-corrected chi connectivity index (χ3v) is 3.27. The van der Waals surface area contributed by atoms with E-state index in [1.807, 2.05) is 0 Å². The Labute approximate surface area is 122 Å². The van der Waals surface area contributed by atoms with Crippen molar-refractivity contribution >= 4 is 18.5 Å². The largest absolute Gasteiger partial charge is 0.345 e. The average Bonchev–Trinajstić information content (AvgIpc) is 2.45. The molecule has 2 radical (unpaired) electrons. The van der Waals surface area contributed by atoms with Crippen molar-refractivity contribution in [2.24, 2.45) is 0 Å². The van der Waals surface area contributed by atoms with E-state index < -0.39 is 6.04 Å². The summed E-state index contributed by atoms with van der Waals surface area (Å²) in [5, 5.41) is 2.47. The van der Waals surface area contributed by atoms with Crippen molar-refractivity contribution in [2.45, 2.75) is 83.6 Å². The lowest BCUT2D eigenvalue weighted by molar-refractivity contribution is -0.121. The maximum atomic E-state index is 11.5. The zero-order valence-electron chi connectivity index (χ0n) is 12.6. The minimum Gasteiger partial charge on any atom is -0.345 e. The molecule has 0 aliphatic heterocycles. The summed E-state index contributed by atoms with van der Waals surface area (Å²) >= 11 is 0. The smallest absolute Gasteiger partial charge is 0.223 e. The van der Waals surface area contributed by atoms with Crippen LogP contribution in [-0.2, 0) is 14.4 Å². The normalized spacial score (nSPS) is 11.8. The number of rotatable bonds is 14. The average molecular weight is 281 g/mol. The van der Waals surface area contributed by atoms with E-state index in [9.17, 15) is 14.4 Å². The Morgan fingerprint density at radius 1 is 0.950 bits per heavy atom. The first-order valence-corrected chi connectivity index (χ1v) is 7.76. The maximum absolute atomic E-state index is 11.5. The summed E-state index contributed by atoms with van der Waals surface area (Å²) in [7, 11) is 0. The summed E-state index contributed by atoms with van der Waals surface area (Å²) in [6.07, 6.45) is 14.3. The van der Waals surface area contributed by atoms with E-state index in [0.717, 1.165) is 19.3 Å². The number of hydrogen-bond acceptors (Lipinski definition) is 3. The van der Waals surface area contributed by atoms with Gasteiger partial charge in [0, 0.05) is 12.8 Å². The Balaban J connectivity index is 3.39. The van der Waals surface area contributed by atoms with Gasteiger partial charge in [-0.1, -0.05) is 58.3 Å². The quantitative estimate of drug-likeness (QED) is 0.498. The van der Waals surface area contributed by atoms with Crippen molar-refractivity contribution in [3.05, 3.63) is 0 Å². The first kappa shape index (κ1) is 18.8. The molecule has 1 atom stereocenters. The maximum Gasteiger partial charge on any atom is 0.223 e. The molecule has 4 heteroatoms. The molecule has 0 aliphatic rings. The van der Waals surface area contributed by atoms with Gasteiger partial charge in [-0.3, -0.25) is 14.4 Å². The highest BCUT2D eigenvalue weighted by Crippen LogP contribution is 2.10. The zero-order chi connectivity index (χ0) is 15.1. The third-order valence-electron chi connectivity index (χ3n) is 3.27. The van der Waals surface area contributed by atoms with E-state index in [4.69, 9.17) is 0 Å². The van der Waals surface area contributed by atoms with Gasteiger partial charge >= 0.3 is 0 Å². The van der Waals surface area contributed by atoms with Crippen molar-refractivity contribution in [3.63, 3.8) is 0 Å². The topological polar surface area (TPSA) is 63.2 Å². The molecule has 0 saturated heterocycles. The van der Waals surface area contributed by atoms with Crippen LogP contribution in [0.3, 0.4) is 0 Å². The molecule has 4 nitrogen and oxygen atoms in total. The predicted octanol–water partition coefficient (Wildman–Crippen LogP) is 3.00. The fourth-order valence-electron chi connectivity index (χ4n) is 2.07. The minimum atomic E-state index is -0.835. The van der Waals surface area contributed by atoms with Gasteiger partial charge in [-0.25, -0.2) is 0 Å². The van der Waals surface area contributed by atoms with Crippen molar-refractivity contribution < 1.29 is 14.4 Å². The summed E-state index contributed by atoms with van der Waals surface area (Å²) < 4.78 is 0. The first-order valence-electron chi connectivity index (χ1n) is 7.76. The molecular weight excluding hydrogens is 254 g/mol. The highest BCUT2D eigenvalue weighted by molar-refractivity contribution is 5.80. The van der Waals surface area contributed by atoms with Crippen molar-refractivity contribution in [2.75, 3.05) is 0 Å². The van der Waals surface area contributed by atoms with Gasteiger partial charge in [-0.15, -0.1) is 0 Å². The molecule has 0 aromatic carbocycles. The SMILES string of the molecule is CCCCCCCCCCCC(=O)N[C@@H]([C]=O)C[C]=O. The number of nitrogens with one attached hydrogen (secondary N) is 1. The van der Waals surface area contributed by atoms with Crippen molar-refractivity contribution in [3.8, 4) is 0 Å². The van der Waals surface area contributed by atoms with Crippen LogP contribution >= 0.6 is 0 Å². The van der Waals surface area contributed by atoms with Crippen LogP contribution in [0.1, 0.15) is 77.6 Å². The van der Waals surface area contributed by atoms with Gasteiger partial charge in [0.25, 0.3) is 0 Å². The molecule has 1 amide bonds. The van der Waals surface area contributed by atoms with E-state index >= 15 is 0 Å². The second kappa shape index (κ2) is 14.2. The monoisotopic (exact) mass is 281 g/mol. The van der Waals surface area contributed by atoms with Crippen molar-refractivity contribution in [1.82, 2.24) is 5.32 Å². The Morgan fingerprint density at radius 3 is 2.00 bits per heavy atom. The predicted molar refractivity (Wildman–Crippen MR) is 79.8 cm³/mol. The number of hydrogen-bond donors (Lipinski definition) is 1.